The summed E-state index contributed by atoms with van der Waals surface area (Å²) in [5.41, 5.74) is 1.58. The lowest BCUT2D eigenvalue weighted by atomic mass is 9.99. The molecular weight excluding hydrogens is 176 g/mol. The molecule has 1 heterocycles. The second kappa shape index (κ2) is 3.69. The zero-order valence-corrected chi connectivity index (χ0v) is 7.83. The quantitative estimate of drug-likeness (QED) is 0.705. The standard InChI is InChI=1S/C11H12N2O/c12-7-8-6-9(14)3-4-10(8)11-2-1-5-13-11/h3-4,6,11,13-14H,1-2,5H2/t11-/m1/s1. The third kappa shape index (κ3) is 1.57. The monoisotopic (exact) mass is 188 g/mol. The molecule has 0 aromatic heterocycles. The number of nitrogens with one attached hydrogen (secondary N) is 1. The molecule has 1 aromatic rings. The van der Waals surface area contributed by atoms with Crippen molar-refractivity contribution in [3.8, 4) is 11.8 Å². The molecule has 1 aliphatic rings. The number of aromatic hydroxyl groups is 1. The Labute approximate surface area is 83.0 Å². The van der Waals surface area contributed by atoms with Gasteiger partial charge in [-0.15, -0.1) is 0 Å². The van der Waals surface area contributed by atoms with Crippen LogP contribution >= 0.6 is 0 Å². The summed E-state index contributed by atoms with van der Waals surface area (Å²) in [5, 5.41) is 21.5. The molecule has 14 heavy (non-hydrogen) atoms. The van der Waals surface area contributed by atoms with Gasteiger partial charge in [-0.1, -0.05) is 6.07 Å². The van der Waals surface area contributed by atoms with Gasteiger partial charge in [-0.25, -0.2) is 0 Å². The number of nitrogens with zero attached hydrogens (tertiary/aromatic N) is 1. The van der Waals surface area contributed by atoms with Gasteiger partial charge < -0.3 is 10.4 Å². The van der Waals surface area contributed by atoms with Gasteiger partial charge in [-0.2, -0.15) is 5.26 Å². The highest BCUT2D eigenvalue weighted by atomic mass is 16.3. The summed E-state index contributed by atoms with van der Waals surface area (Å²) < 4.78 is 0. The first-order valence-corrected chi connectivity index (χ1v) is 4.77. The molecule has 0 amide bonds. The molecule has 2 N–H and O–H groups in total. The van der Waals surface area contributed by atoms with Crippen LogP contribution in [0.15, 0.2) is 18.2 Å². The van der Waals surface area contributed by atoms with Gasteiger partial charge in [-0.05, 0) is 37.1 Å². The first-order valence-electron chi connectivity index (χ1n) is 4.77. The summed E-state index contributed by atoms with van der Waals surface area (Å²) in [6.07, 6.45) is 2.22. The summed E-state index contributed by atoms with van der Waals surface area (Å²) in [4.78, 5) is 0. The van der Waals surface area contributed by atoms with Gasteiger partial charge in [0.05, 0.1) is 11.6 Å². The van der Waals surface area contributed by atoms with E-state index in [0.717, 1.165) is 24.9 Å². The van der Waals surface area contributed by atoms with Gasteiger partial charge in [-0.3, -0.25) is 0 Å². The molecular formula is C11H12N2O. The molecule has 0 saturated carbocycles. The summed E-state index contributed by atoms with van der Waals surface area (Å²) in [6, 6.07) is 7.38. The van der Waals surface area contributed by atoms with E-state index in [0.29, 0.717) is 5.56 Å². The average Bonchev–Trinajstić information content (AvgIpc) is 2.70. The Morgan fingerprint density at radius 3 is 3.00 bits per heavy atom. The number of hydrogen-bond donors (Lipinski definition) is 2. The fraction of sp³-hybridized carbons (Fsp3) is 0.364. The van der Waals surface area contributed by atoms with Crippen molar-refractivity contribution in [3.05, 3.63) is 29.3 Å². The molecule has 3 heteroatoms. The topological polar surface area (TPSA) is 56.0 Å². The van der Waals surface area contributed by atoms with E-state index in [2.05, 4.69) is 11.4 Å². The average molecular weight is 188 g/mol. The van der Waals surface area contributed by atoms with Crippen molar-refractivity contribution < 1.29 is 5.11 Å². The van der Waals surface area contributed by atoms with Crippen molar-refractivity contribution in [2.24, 2.45) is 0 Å². The predicted molar refractivity (Wildman–Crippen MR) is 52.8 cm³/mol. The lowest BCUT2D eigenvalue weighted by Gasteiger charge is -2.12. The number of benzene rings is 1. The Morgan fingerprint density at radius 2 is 2.36 bits per heavy atom. The highest BCUT2D eigenvalue weighted by Crippen LogP contribution is 2.27. The van der Waals surface area contributed by atoms with Crippen molar-refractivity contribution in [2.75, 3.05) is 6.54 Å². The molecule has 1 aliphatic heterocycles. The number of hydrogen-bond acceptors (Lipinski definition) is 3. The van der Waals surface area contributed by atoms with Crippen LogP contribution in [0.4, 0.5) is 0 Å². The molecule has 0 spiro atoms. The van der Waals surface area contributed by atoms with Crippen LogP contribution in [-0.4, -0.2) is 11.7 Å². The van der Waals surface area contributed by atoms with Crippen molar-refractivity contribution in [2.45, 2.75) is 18.9 Å². The minimum atomic E-state index is 0.156. The fourth-order valence-electron chi connectivity index (χ4n) is 1.89. The Morgan fingerprint density at radius 1 is 1.50 bits per heavy atom. The van der Waals surface area contributed by atoms with E-state index in [9.17, 15) is 5.11 Å². The van der Waals surface area contributed by atoms with Gasteiger partial charge in [0.15, 0.2) is 0 Å². The molecule has 1 fully saturated rings. The number of phenolic OH excluding ortho intramolecular Hbond substituents is 1. The molecule has 3 nitrogen and oxygen atoms in total. The molecule has 1 saturated heterocycles. The maximum absolute atomic E-state index is 9.24. The second-order valence-electron chi connectivity index (χ2n) is 3.53. The fourth-order valence-corrected chi connectivity index (χ4v) is 1.89. The molecule has 1 atom stereocenters. The minimum absolute atomic E-state index is 0.156. The first kappa shape index (κ1) is 9.04. The largest absolute Gasteiger partial charge is 0.508 e. The number of rotatable bonds is 1. The molecule has 0 unspecified atom stereocenters. The first-order chi connectivity index (χ1) is 6.81. The maximum atomic E-state index is 9.24. The number of phenols is 1. The summed E-state index contributed by atoms with van der Waals surface area (Å²) in [5.74, 6) is 0.156. The van der Waals surface area contributed by atoms with Gasteiger partial charge in [0.2, 0.25) is 0 Å². The van der Waals surface area contributed by atoms with E-state index in [4.69, 9.17) is 5.26 Å². The van der Waals surface area contributed by atoms with Gasteiger partial charge >= 0.3 is 0 Å². The van der Waals surface area contributed by atoms with Crippen LogP contribution in [0, 0.1) is 11.3 Å². The van der Waals surface area contributed by atoms with E-state index < -0.39 is 0 Å². The molecule has 0 aliphatic carbocycles. The highest BCUT2D eigenvalue weighted by molar-refractivity contribution is 5.44. The number of nitriles is 1. The predicted octanol–water partition coefficient (Wildman–Crippen LogP) is 1.69. The lowest BCUT2D eigenvalue weighted by Crippen LogP contribution is -2.13. The normalized spacial score (nSPS) is 20.6. The summed E-state index contributed by atoms with van der Waals surface area (Å²) in [7, 11) is 0. The molecule has 1 aromatic carbocycles. The molecule has 0 radical (unpaired) electrons. The van der Waals surface area contributed by atoms with Crippen molar-refractivity contribution >= 4 is 0 Å². The second-order valence-corrected chi connectivity index (χ2v) is 3.53. The van der Waals surface area contributed by atoms with Crippen LogP contribution < -0.4 is 5.32 Å². The van der Waals surface area contributed by atoms with E-state index in [1.54, 1.807) is 6.07 Å². The minimum Gasteiger partial charge on any atom is -0.508 e. The third-order valence-electron chi connectivity index (χ3n) is 2.59. The van der Waals surface area contributed by atoms with Crippen LogP contribution in [0.5, 0.6) is 5.75 Å². The van der Waals surface area contributed by atoms with Gasteiger partial charge in [0.1, 0.15) is 5.75 Å². The van der Waals surface area contributed by atoms with Crippen LogP contribution in [0.3, 0.4) is 0 Å². The summed E-state index contributed by atoms with van der Waals surface area (Å²) in [6.45, 7) is 1.01. The van der Waals surface area contributed by atoms with Crippen LogP contribution in [-0.2, 0) is 0 Å². The van der Waals surface area contributed by atoms with E-state index in [1.165, 1.54) is 6.07 Å². The smallest absolute Gasteiger partial charge is 0.116 e. The van der Waals surface area contributed by atoms with Crippen LogP contribution in [0.25, 0.3) is 0 Å². The SMILES string of the molecule is N#Cc1cc(O)ccc1[C@H]1CCCN1. The van der Waals surface area contributed by atoms with Crippen LogP contribution in [0.2, 0.25) is 0 Å². The maximum Gasteiger partial charge on any atom is 0.116 e. The lowest BCUT2D eigenvalue weighted by molar-refractivity contribution is 0.474. The van der Waals surface area contributed by atoms with E-state index >= 15 is 0 Å². The highest BCUT2D eigenvalue weighted by Gasteiger charge is 2.19. The van der Waals surface area contributed by atoms with Crippen molar-refractivity contribution in [3.63, 3.8) is 0 Å². The molecule has 0 bridgehead atoms. The molecule has 72 valence electrons. The zero-order chi connectivity index (χ0) is 9.97. The summed E-state index contributed by atoms with van der Waals surface area (Å²) >= 11 is 0. The van der Waals surface area contributed by atoms with Gasteiger partial charge in [0, 0.05) is 6.04 Å². The van der Waals surface area contributed by atoms with Crippen molar-refractivity contribution in [1.29, 1.82) is 5.26 Å². The van der Waals surface area contributed by atoms with Crippen LogP contribution in [0.1, 0.15) is 30.0 Å². The Balaban J connectivity index is 2.37. The third-order valence-corrected chi connectivity index (χ3v) is 2.59. The Kier molecular flexibility index (Phi) is 2.38. The van der Waals surface area contributed by atoms with E-state index in [1.807, 2.05) is 6.07 Å². The zero-order valence-electron chi connectivity index (χ0n) is 7.83. The van der Waals surface area contributed by atoms with Crippen molar-refractivity contribution in [1.82, 2.24) is 5.32 Å². The van der Waals surface area contributed by atoms with Gasteiger partial charge in [0.25, 0.3) is 0 Å². The Hall–Kier alpha value is -1.53. The molecule has 2 rings (SSSR count). The Bertz CT molecular complexity index is 375. The van der Waals surface area contributed by atoms with E-state index in [-0.39, 0.29) is 11.8 Å².